The van der Waals surface area contributed by atoms with Gasteiger partial charge in [0, 0.05) is 19.6 Å². The Morgan fingerprint density at radius 2 is 1.93 bits per heavy atom. The van der Waals surface area contributed by atoms with E-state index in [0.717, 1.165) is 31.7 Å². The van der Waals surface area contributed by atoms with E-state index in [1.807, 2.05) is 0 Å². The van der Waals surface area contributed by atoms with Crippen molar-refractivity contribution in [2.24, 2.45) is 0 Å². The zero-order valence-electron chi connectivity index (χ0n) is 9.71. The van der Waals surface area contributed by atoms with E-state index in [0.29, 0.717) is 12.2 Å². The number of alkyl halides is 1. The second-order valence-electron chi connectivity index (χ2n) is 4.27. The lowest BCUT2D eigenvalue weighted by Gasteiger charge is -2.28. The monoisotopic (exact) mass is 234 g/mol. The lowest BCUT2D eigenvalue weighted by atomic mass is 9.95. The highest BCUT2D eigenvalue weighted by atomic mass is 35.5. The number of methoxy groups -OCH3 is 1. The van der Waals surface area contributed by atoms with Gasteiger partial charge in [-0.25, -0.2) is 0 Å². The van der Waals surface area contributed by atoms with E-state index in [4.69, 9.17) is 21.1 Å². The molecule has 1 aliphatic rings. The van der Waals surface area contributed by atoms with Gasteiger partial charge in [0.05, 0.1) is 12.2 Å². The van der Waals surface area contributed by atoms with Crippen molar-refractivity contribution in [3.05, 3.63) is 0 Å². The molecule has 0 amide bonds. The summed E-state index contributed by atoms with van der Waals surface area (Å²) in [5, 5.41) is 0. The number of rotatable bonds is 7. The molecule has 90 valence electrons. The van der Waals surface area contributed by atoms with E-state index < -0.39 is 0 Å². The molecule has 0 aromatic heterocycles. The van der Waals surface area contributed by atoms with Gasteiger partial charge < -0.3 is 9.47 Å². The van der Waals surface area contributed by atoms with E-state index in [1.54, 1.807) is 7.11 Å². The molecule has 2 unspecified atom stereocenters. The zero-order valence-corrected chi connectivity index (χ0v) is 10.5. The van der Waals surface area contributed by atoms with Gasteiger partial charge >= 0.3 is 0 Å². The summed E-state index contributed by atoms with van der Waals surface area (Å²) in [6.45, 7) is 0.887. The molecule has 0 aromatic rings. The zero-order chi connectivity index (χ0) is 10.9. The quantitative estimate of drug-likeness (QED) is 0.497. The molecule has 0 N–H and O–H groups in total. The summed E-state index contributed by atoms with van der Waals surface area (Å²) in [6.07, 6.45) is 9.00. The highest BCUT2D eigenvalue weighted by Crippen LogP contribution is 2.23. The predicted octanol–water partition coefficient (Wildman–Crippen LogP) is 3.37. The topological polar surface area (TPSA) is 18.5 Å². The largest absolute Gasteiger partial charge is 0.381 e. The van der Waals surface area contributed by atoms with Crippen molar-refractivity contribution < 1.29 is 9.47 Å². The van der Waals surface area contributed by atoms with Gasteiger partial charge in [-0.15, -0.1) is 11.6 Å². The Morgan fingerprint density at radius 3 is 2.67 bits per heavy atom. The van der Waals surface area contributed by atoms with Crippen molar-refractivity contribution in [3.8, 4) is 0 Å². The van der Waals surface area contributed by atoms with Crippen LogP contribution in [0.2, 0.25) is 0 Å². The first-order valence-electron chi connectivity index (χ1n) is 6.07. The summed E-state index contributed by atoms with van der Waals surface area (Å²) in [6, 6.07) is 0. The predicted molar refractivity (Wildman–Crippen MR) is 63.6 cm³/mol. The minimum absolute atomic E-state index is 0.423. The van der Waals surface area contributed by atoms with Crippen molar-refractivity contribution in [3.63, 3.8) is 0 Å². The van der Waals surface area contributed by atoms with E-state index in [2.05, 4.69) is 0 Å². The van der Waals surface area contributed by atoms with Gasteiger partial charge in [-0.05, 0) is 44.9 Å². The van der Waals surface area contributed by atoms with E-state index >= 15 is 0 Å². The van der Waals surface area contributed by atoms with E-state index in [-0.39, 0.29) is 0 Å². The molecule has 1 aliphatic carbocycles. The first-order chi connectivity index (χ1) is 7.36. The molecule has 0 saturated heterocycles. The van der Waals surface area contributed by atoms with Crippen LogP contribution in [0.4, 0.5) is 0 Å². The highest BCUT2D eigenvalue weighted by Gasteiger charge is 2.21. The van der Waals surface area contributed by atoms with Crippen molar-refractivity contribution in [2.75, 3.05) is 19.6 Å². The molecule has 2 nitrogen and oxygen atoms in total. The Balaban J connectivity index is 2.00. The van der Waals surface area contributed by atoms with Crippen molar-refractivity contribution in [2.45, 2.75) is 57.2 Å². The maximum atomic E-state index is 5.84. The summed E-state index contributed by atoms with van der Waals surface area (Å²) in [4.78, 5) is 0. The van der Waals surface area contributed by atoms with E-state index in [1.165, 1.54) is 25.7 Å². The molecule has 15 heavy (non-hydrogen) atoms. The summed E-state index contributed by atoms with van der Waals surface area (Å²) >= 11 is 5.61. The molecule has 3 heteroatoms. The van der Waals surface area contributed by atoms with Crippen molar-refractivity contribution in [1.82, 2.24) is 0 Å². The van der Waals surface area contributed by atoms with Gasteiger partial charge in [0.2, 0.25) is 0 Å². The summed E-state index contributed by atoms with van der Waals surface area (Å²) < 4.78 is 11.2. The Labute approximate surface area is 98.3 Å². The molecule has 1 saturated carbocycles. The normalized spacial score (nSPS) is 26.8. The number of hydrogen-bond donors (Lipinski definition) is 0. The molecule has 0 heterocycles. The number of halogens is 1. The van der Waals surface area contributed by atoms with Crippen molar-refractivity contribution in [1.29, 1.82) is 0 Å². The Bertz CT molecular complexity index is 153. The van der Waals surface area contributed by atoms with E-state index in [9.17, 15) is 0 Å². The SMILES string of the molecule is COC1CCCC(OCCCCCCl)C1. The third-order valence-electron chi connectivity index (χ3n) is 3.04. The number of ether oxygens (including phenoxy) is 2. The van der Waals surface area contributed by atoms with Gasteiger partial charge in [-0.3, -0.25) is 0 Å². The Kier molecular flexibility index (Phi) is 7.41. The third kappa shape index (κ3) is 5.74. The smallest absolute Gasteiger partial charge is 0.0599 e. The van der Waals surface area contributed by atoms with Crippen LogP contribution in [0.3, 0.4) is 0 Å². The van der Waals surface area contributed by atoms with Crippen LogP contribution < -0.4 is 0 Å². The third-order valence-corrected chi connectivity index (χ3v) is 3.31. The second-order valence-corrected chi connectivity index (χ2v) is 4.64. The fourth-order valence-electron chi connectivity index (χ4n) is 2.09. The summed E-state index contributed by atoms with van der Waals surface area (Å²) in [5.41, 5.74) is 0. The minimum Gasteiger partial charge on any atom is -0.381 e. The first kappa shape index (κ1) is 13.3. The van der Waals surface area contributed by atoms with Crippen LogP contribution in [0.5, 0.6) is 0 Å². The minimum atomic E-state index is 0.423. The lowest BCUT2D eigenvalue weighted by Crippen LogP contribution is -2.27. The molecular formula is C12H23ClO2. The van der Waals surface area contributed by atoms with Crippen LogP contribution in [-0.2, 0) is 9.47 Å². The summed E-state index contributed by atoms with van der Waals surface area (Å²) in [5.74, 6) is 0.773. The second kappa shape index (κ2) is 8.37. The Hall–Kier alpha value is 0.210. The van der Waals surface area contributed by atoms with Gasteiger partial charge in [0.15, 0.2) is 0 Å². The average Bonchev–Trinajstić information content (AvgIpc) is 2.29. The van der Waals surface area contributed by atoms with Crippen LogP contribution in [0.1, 0.15) is 44.9 Å². The van der Waals surface area contributed by atoms with Crippen LogP contribution in [0.15, 0.2) is 0 Å². The number of unbranched alkanes of at least 4 members (excludes halogenated alkanes) is 2. The van der Waals surface area contributed by atoms with Gasteiger partial charge in [0.25, 0.3) is 0 Å². The fraction of sp³-hybridized carbons (Fsp3) is 1.00. The fourth-order valence-corrected chi connectivity index (χ4v) is 2.28. The van der Waals surface area contributed by atoms with Crippen LogP contribution in [0.25, 0.3) is 0 Å². The maximum Gasteiger partial charge on any atom is 0.0599 e. The molecule has 0 radical (unpaired) electrons. The first-order valence-corrected chi connectivity index (χ1v) is 6.60. The van der Waals surface area contributed by atoms with Gasteiger partial charge in [-0.1, -0.05) is 0 Å². The van der Waals surface area contributed by atoms with Gasteiger partial charge in [-0.2, -0.15) is 0 Å². The molecule has 0 aromatic carbocycles. The van der Waals surface area contributed by atoms with Crippen LogP contribution >= 0.6 is 11.6 Å². The molecule has 1 fully saturated rings. The highest BCUT2D eigenvalue weighted by molar-refractivity contribution is 6.17. The molecule has 2 atom stereocenters. The van der Waals surface area contributed by atoms with Crippen LogP contribution in [0, 0.1) is 0 Å². The van der Waals surface area contributed by atoms with Gasteiger partial charge in [0.1, 0.15) is 0 Å². The summed E-state index contributed by atoms with van der Waals surface area (Å²) in [7, 11) is 1.80. The molecule has 0 spiro atoms. The Morgan fingerprint density at radius 1 is 1.13 bits per heavy atom. The molecule has 0 bridgehead atoms. The average molecular weight is 235 g/mol. The van der Waals surface area contributed by atoms with Crippen LogP contribution in [-0.4, -0.2) is 31.8 Å². The molecule has 0 aliphatic heterocycles. The molecular weight excluding hydrogens is 212 g/mol. The molecule has 1 rings (SSSR count). The maximum absolute atomic E-state index is 5.84. The number of hydrogen-bond acceptors (Lipinski definition) is 2. The standard InChI is InChI=1S/C12H23ClO2/c1-14-11-6-5-7-12(10-11)15-9-4-2-3-8-13/h11-12H,2-10H2,1H3. The lowest BCUT2D eigenvalue weighted by molar-refractivity contribution is -0.0302. The van der Waals surface area contributed by atoms with Crippen molar-refractivity contribution >= 4 is 11.6 Å².